The Morgan fingerprint density at radius 1 is 0.900 bits per heavy atom. The van der Waals surface area contributed by atoms with Crippen LogP contribution in [-0.2, 0) is 42.0 Å². The van der Waals surface area contributed by atoms with E-state index in [0.717, 1.165) is 16.7 Å². The summed E-state index contributed by atoms with van der Waals surface area (Å²) in [5, 5.41) is 4.34. The zero-order valence-corrected chi connectivity index (χ0v) is 22.4. The quantitative estimate of drug-likeness (QED) is 0.277. The van der Waals surface area contributed by atoms with Crippen molar-refractivity contribution in [2.75, 3.05) is 6.54 Å². The smallest absolute Gasteiger partial charge is 0.242 e. The molecule has 0 unspecified atom stereocenters. The Morgan fingerprint density at radius 2 is 1.60 bits per heavy atom. The molecule has 4 rings (SSSR count). The lowest BCUT2D eigenvalue weighted by atomic mass is 10.0. The third-order valence-corrected chi connectivity index (χ3v) is 8.24. The van der Waals surface area contributed by atoms with Crippen LogP contribution >= 0.6 is 0 Å². The van der Waals surface area contributed by atoms with E-state index in [4.69, 9.17) is 5.73 Å². The lowest BCUT2D eigenvalue weighted by Gasteiger charge is -2.16. The first-order valence-corrected chi connectivity index (χ1v) is 14.3. The molecule has 1 aliphatic heterocycles. The Balaban J connectivity index is 1.25. The molecule has 5 N–H and O–H groups in total. The Hall–Kier alpha value is -4.51. The summed E-state index contributed by atoms with van der Waals surface area (Å²) in [5.41, 5.74) is 9.48. The number of nitrogens with one attached hydrogen (secondary N) is 3. The highest BCUT2D eigenvalue weighted by atomic mass is 32.2. The summed E-state index contributed by atoms with van der Waals surface area (Å²) >= 11 is 0. The molecule has 0 saturated carbocycles. The second-order valence-electron chi connectivity index (χ2n) is 9.57. The van der Waals surface area contributed by atoms with Crippen molar-refractivity contribution in [3.8, 4) is 11.1 Å². The fourth-order valence-corrected chi connectivity index (χ4v) is 5.92. The highest BCUT2D eigenvalue weighted by Gasteiger charge is 2.37. The number of nitrogens with two attached hydrogens (primary N) is 1. The lowest BCUT2D eigenvalue weighted by molar-refractivity contribution is -0.127. The predicted molar refractivity (Wildman–Crippen MR) is 149 cm³/mol. The molecular weight excluding hydrogens is 532 g/mol. The minimum absolute atomic E-state index is 0.0426. The molecule has 0 aromatic heterocycles. The molecule has 10 nitrogen and oxygen atoms in total. The van der Waals surface area contributed by atoms with E-state index in [1.54, 1.807) is 24.3 Å². The maximum atomic E-state index is 12.4. The van der Waals surface area contributed by atoms with Crippen molar-refractivity contribution >= 4 is 33.7 Å². The van der Waals surface area contributed by atoms with E-state index in [-0.39, 0.29) is 38.1 Å². The Bertz CT molecular complexity index is 1510. The molecule has 1 heterocycles. The van der Waals surface area contributed by atoms with Crippen LogP contribution in [0.1, 0.15) is 34.8 Å². The summed E-state index contributed by atoms with van der Waals surface area (Å²) in [5.74, 6) is -1.97. The highest BCUT2D eigenvalue weighted by molar-refractivity contribution is 7.90. The molecule has 0 aliphatic carbocycles. The second kappa shape index (κ2) is 12.6. The van der Waals surface area contributed by atoms with E-state index >= 15 is 0 Å². The van der Waals surface area contributed by atoms with E-state index in [1.165, 1.54) is 0 Å². The minimum atomic E-state index is -3.76. The van der Waals surface area contributed by atoms with Gasteiger partial charge in [-0.25, -0.2) is 8.42 Å². The molecule has 11 heteroatoms. The van der Waals surface area contributed by atoms with Crippen molar-refractivity contribution in [1.82, 2.24) is 15.4 Å². The number of hydrogen-bond acceptors (Lipinski definition) is 6. The molecule has 0 radical (unpaired) electrons. The minimum Gasteiger partial charge on any atom is -0.368 e. The first-order valence-electron chi connectivity index (χ1n) is 12.7. The molecule has 40 heavy (non-hydrogen) atoms. The van der Waals surface area contributed by atoms with Crippen molar-refractivity contribution < 1.29 is 27.6 Å². The number of carbonyl (C=O) groups is 4. The summed E-state index contributed by atoms with van der Waals surface area (Å²) in [6.45, 7) is 0.0891. The Labute approximate surface area is 232 Å². The zero-order chi connectivity index (χ0) is 28.7. The van der Waals surface area contributed by atoms with Gasteiger partial charge >= 0.3 is 0 Å². The van der Waals surface area contributed by atoms with Crippen molar-refractivity contribution in [3.05, 3.63) is 95.6 Å². The monoisotopic (exact) mass is 562 g/mol. The van der Waals surface area contributed by atoms with E-state index in [1.807, 2.05) is 59.3 Å². The van der Waals surface area contributed by atoms with Crippen molar-refractivity contribution in [1.29, 1.82) is 0 Å². The molecule has 4 amide bonds. The Kier molecular flexibility index (Phi) is 8.95. The van der Waals surface area contributed by atoms with Gasteiger partial charge in [0.25, 0.3) is 0 Å². The number of hydrogen-bond donors (Lipinski definition) is 4. The third-order valence-electron chi connectivity index (χ3n) is 6.54. The molecule has 1 aliphatic rings. The van der Waals surface area contributed by atoms with Gasteiger partial charge in [0.15, 0.2) is 0 Å². The molecule has 1 fully saturated rings. The van der Waals surface area contributed by atoms with Crippen LogP contribution < -0.4 is 21.1 Å². The fraction of sp³-hybridized carbons (Fsp3) is 0.241. The second-order valence-corrected chi connectivity index (χ2v) is 11.4. The number of primary amides is 1. The van der Waals surface area contributed by atoms with Crippen LogP contribution in [0, 0.1) is 0 Å². The summed E-state index contributed by atoms with van der Waals surface area (Å²) in [4.78, 5) is 48.3. The zero-order valence-electron chi connectivity index (χ0n) is 21.6. The van der Waals surface area contributed by atoms with Crippen LogP contribution in [0.2, 0.25) is 0 Å². The average Bonchev–Trinajstić information content (AvgIpc) is 3.20. The topological polar surface area (TPSA) is 165 Å². The van der Waals surface area contributed by atoms with Gasteiger partial charge in [0, 0.05) is 19.4 Å². The van der Waals surface area contributed by atoms with Gasteiger partial charge < -0.3 is 16.4 Å². The van der Waals surface area contributed by atoms with Gasteiger partial charge in [-0.2, -0.15) is 0 Å². The summed E-state index contributed by atoms with van der Waals surface area (Å²) in [6, 6.07) is 22.9. The fourth-order valence-electron chi connectivity index (χ4n) is 4.49. The van der Waals surface area contributed by atoms with Gasteiger partial charge in [0.1, 0.15) is 11.3 Å². The van der Waals surface area contributed by atoms with Crippen molar-refractivity contribution in [2.24, 2.45) is 5.73 Å². The predicted octanol–water partition coefficient (Wildman–Crippen LogP) is 1.51. The standard InChI is InChI=1S/C29H30N4O6S/c30-29(37)24(16-19-9-11-22(12-10-19)25-18-28(36)33-40(25,38)39)32-26(34)13-14-31-27(35)17-20-5-4-8-23(15-20)21-6-2-1-3-7-21/h1-12,15,24-25H,13-14,16-18H2,(H2,30,37)(H,31,35)(H,32,34)(H,33,36)/t24-,25-/m0/s1. The highest BCUT2D eigenvalue weighted by Crippen LogP contribution is 2.30. The molecule has 3 aromatic carbocycles. The number of carbonyl (C=O) groups excluding carboxylic acids is 4. The van der Waals surface area contributed by atoms with Gasteiger partial charge in [-0.15, -0.1) is 0 Å². The van der Waals surface area contributed by atoms with E-state index < -0.39 is 39.0 Å². The van der Waals surface area contributed by atoms with Gasteiger partial charge in [0.2, 0.25) is 33.7 Å². The van der Waals surface area contributed by atoms with Gasteiger partial charge in [-0.05, 0) is 27.8 Å². The van der Waals surface area contributed by atoms with Crippen LogP contribution in [0.3, 0.4) is 0 Å². The van der Waals surface area contributed by atoms with Crippen LogP contribution in [-0.4, -0.2) is 44.6 Å². The normalized spacial score (nSPS) is 16.5. The van der Waals surface area contributed by atoms with Crippen molar-refractivity contribution in [2.45, 2.75) is 37.0 Å². The van der Waals surface area contributed by atoms with Gasteiger partial charge in [-0.3, -0.25) is 23.9 Å². The van der Waals surface area contributed by atoms with E-state index in [9.17, 15) is 27.6 Å². The number of benzene rings is 3. The van der Waals surface area contributed by atoms with Crippen molar-refractivity contribution in [3.63, 3.8) is 0 Å². The molecule has 2 atom stereocenters. The number of sulfonamides is 1. The summed E-state index contributed by atoms with van der Waals surface area (Å²) < 4.78 is 26.1. The van der Waals surface area contributed by atoms with Crippen LogP contribution in [0.25, 0.3) is 11.1 Å². The summed E-state index contributed by atoms with van der Waals surface area (Å²) in [7, 11) is -3.76. The van der Waals surface area contributed by atoms with Crippen LogP contribution in [0.15, 0.2) is 78.9 Å². The average molecular weight is 563 g/mol. The van der Waals surface area contributed by atoms with Crippen LogP contribution in [0.4, 0.5) is 0 Å². The largest absolute Gasteiger partial charge is 0.368 e. The lowest BCUT2D eigenvalue weighted by Crippen LogP contribution is -2.46. The van der Waals surface area contributed by atoms with Gasteiger partial charge in [-0.1, -0.05) is 78.9 Å². The third kappa shape index (κ3) is 7.54. The first kappa shape index (κ1) is 28.5. The molecular formula is C29H30N4O6S. The molecule has 208 valence electrons. The molecule has 3 aromatic rings. The Morgan fingerprint density at radius 3 is 2.25 bits per heavy atom. The maximum absolute atomic E-state index is 12.4. The van der Waals surface area contributed by atoms with Crippen LogP contribution in [0.5, 0.6) is 0 Å². The molecule has 1 saturated heterocycles. The SMILES string of the molecule is NC(=O)[C@H](Cc1ccc([C@@H]2CC(=O)NS2(=O)=O)cc1)NC(=O)CCNC(=O)Cc1cccc(-c2ccccc2)c1. The van der Waals surface area contributed by atoms with E-state index in [0.29, 0.717) is 11.1 Å². The van der Waals surface area contributed by atoms with Gasteiger partial charge in [0.05, 0.1) is 12.8 Å². The molecule has 0 bridgehead atoms. The summed E-state index contributed by atoms with van der Waals surface area (Å²) in [6.07, 6.45) is 0.0615. The van der Waals surface area contributed by atoms with E-state index in [2.05, 4.69) is 10.6 Å². The first-order chi connectivity index (χ1) is 19.1. The number of rotatable bonds is 11. The molecule has 0 spiro atoms. The number of amides is 4. The maximum Gasteiger partial charge on any atom is 0.242 e.